The van der Waals surface area contributed by atoms with Gasteiger partial charge in [-0.15, -0.1) is 0 Å². The van der Waals surface area contributed by atoms with Crippen molar-refractivity contribution in [2.75, 3.05) is 0 Å². The number of aromatic nitrogens is 3. The first-order valence-corrected chi connectivity index (χ1v) is 10.1. The van der Waals surface area contributed by atoms with Gasteiger partial charge in [0.05, 0.1) is 6.20 Å². The zero-order chi connectivity index (χ0) is 19.4. The molecule has 144 valence electrons. The fourth-order valence-corrected chi connectivity index (χ4v) is 4.08. The summed E-state index contributed by atoms with van der Waals surface area (Å²) in [6.07, 6.45) is 10.0. The highest BCUT2D eigenvalue weighted by molar-refractivity contribution is 7.08. The molecule has 0 radical (unpaired) electrons. The predicted octanol–water partition coefficient (Wildman–Crippen LogP) is 4.32. The van der Waals surface area contributed by atoms with Crippen LogP contribution in [0.4, 0.5) is 4.39 Å². The number of rotatable bonds is 5. The lowest BCUT2D eigenvalue weighted by atomic mass is 9.81. The van der Waals surface area contributed by atoms with Crippen LogP contribution in [0.25, 0.3) is 17.5 Å². The Bertz CT molecular complexity index is 978. The highest BCUT2D eigenvalue weighted by Gasteiger charge is 2.40. The van der Waals surface area contributed by atoms with E-state index in [1.807, 2.05) is 16.8 Å². The normalized spacial score (nSPS) is 16.3. The van der Waals surface area contributed by atoms with Crippen LogP contribution in [0.3, 0.4) is 0 Å². The van der Waals surface area contributed by atoms with Gasteiger partial charge in [0.2, 0.25) is 11.7 Å². The van der Waals surface area contributed by atoms with E-state index in [0.29, 0.717) is 17.3 Å². The van der Waals surface area contributed by atoms with Crippen LogP contribution in [0.2, 0.25) is 0 Å². The van der Waals surface area contributed by atoms with Crippen LogP contribution in [0, 0.1) is 5.82 Å². The fraction of sp³-hybridized carbons (Fsp3) is 0.300. The molecule has 1 N–H and O–H groups in total. The number of carbonyl (C=O) groups is 1. The van der Waals surface area contributed by atoms with Crippen LogP contribution in [-0.2, 0) is 10.3 Å². The highest BCUT2D eigenvalue weighted by atomic mass is 32.1. The molecule has 0 unspecified atom stereocenters. The third kappa shape index (κ3) is 4.01. The first kappa shape index (κ1) is 18.5. The maximum atomic E-state index is 13.2. The second-order valence-electron chi connectivity index (χ2n) is 6.84. The average molecular weight is 398 g/mol. The van der Waals surface area contributed by atoms with Gasteiger partial charge >= 0.3 is 0 Å². The van der Waals surface area contributed by atoms with Gasteiger partial charge in [0.1, 0.15) is 11.4 Å². The molecule has 1 saturated carbocycles. The van der Waals surface area contributed by atoms with Crippen LogP contribution < -0.4 is 5.32 Å². The topological polar surface area (TPSA) is 80.9 Å². The number of halogens is 1. The SMILES string of the molecule is O=C(C=Cc1cncc(F)c1)NC1(c2nc(-c3ccsc3)no2)CCCCC1. The van der Waals surface area contributed by atoms with E-state index < -0.39 is 11.4 Å². The molecule has 3 aromatic rings. The first-order chi connectivity index (χ1) is 13.6. The van der Waals surface area contributed by atoms with Gasteiger partial charge in [-0.2, -0.15) is 16.3 Å². The molecule has 1 aliphatic carbocycles. The van der Waals surface area contributed by atoms with Crippen molar-refractivity contribution < 1.29 is 13.7 Å². The summed E-state index contributed by atoms with van der Waals surface area (Å²) < 4.78 is 18.8. The monoisotopic (exact) mass is 398 g/mol. The Kier molecular flexibility index (Phi) is 5.29. The lowest BCUT2D eigenvalue weighted by Crippen LogP contribution is -2.47. The van der Waals surface area contributed by atoms with E-state index in [0.717, 1.165) is 43.9 Å². The minimum Gasteiger partial charge on any atom is -0.338 e. The average Bonchev–Trinajstić information content (AvgIpc) is 3.39. The Hall–Kier alpha value is -2.87. The molecule has 0 atom stereocenters. The van der Waals surface area contributed by atoms with Crippen molar-refractivity contribution in [2.45, 2.75) is 37.6 Å². The molecule has 0 aliphatic heterocycles. The smallest absolute Gasteiger partial charge is 0.252 e. The Morgan fingerprint density at radius 1 is 1.29 bits per heavy atom. The van der Waals surface area contributed by atoms with Crippen molar-refractivity contribution in [1.82, 2.24) is 20.4 Å². The molecule has 1 amide bonds. The standard InChI is InChI=1S/C20H19FN4O2S/c21-16-10-14(11-22-12-16)4-5-17(26)24-20(7-2-1-3-8-20)19-23-18(25-27-19)15-6-9-28-13-15/h4-6,9-13H,1-3,7-8H2,(H,24,26). The Morgan fingerprint density at radius 3 is 2.89 bits per heavy atom. The number of nitrogens with one attached hydrogen (secondary N) is 1. The van der Waals surface area contributed by atoms with Gasteiger partial charge in [-0.05, 0) is 42.0 Å². The summed E-state index contributed by atoms with van der Waals surface area (Å²) in [5.41, 5.74) is 0.738. The van der Waals surface area contributed by atoms with E-state index in [-0.39, 0.29) is 5.91 Å². The summed E-state index contributed by atoms with van der Waals surface area (Å²) in [5.74, 6) is 0.221. The van der Waals surface area contributed by atoms with Crippen LogP contribution in [0.5, 0.6) is 0 Å². The summed E-state index contributed by atoms with van der Waals surface area (Å²) in [7, 11) is 0. The predicted molar refractivity (Wildman–Crippen MR) is 104 cm³/mol. The van der Waals surface area contributed by atoms with Gasteiger partial charge in [0.25, 0.3) is 5.89 Å². The zero-order valence-corrected chi connectivity index (χ0v) is 15.9. The summed E-state index contributed by atoms with van der Waals surface area (Å²) in [5, 5.41) is 11.1. The summed E-state index contributed by atoms with van der Waals surface area (Å²) in [6.45, 7) is 0. The van der Waals surface area contributed by atoms with Crippen molar-refractivity contribution in [3.63, 3.8) is 0 Å². The molecule has 6 nitrogen and oxygen atoms in total. The van der Waals surface area contributed by atoms with Crippen molar-refractivity contribution in [1.29, 1.82) is 0 Å². The van der Waals surface area contributed by atoms with Crippen molar-refractivity contribution >= 4 is 23.3 Å². The number of thiophene rings is 1. The summed E-state index contributed by atoms with van der Waals surface area (Å²) in [4.78, 5) is 20.9. The van der Waals surface area contributed by atoms with E-state index in [1.54, 1.807) is 11.3 Å². The van der Waals surface area contributed by atoms with Crippen LogP contribution >= 0.6 is 11.3 Å². The van der Waals surface area contributed by atoms with Gasteiger partial charge in [-0.25, -0.2) is 4.39 Å². The molecular weight excluding hydrogens is 379 g/mol. The van der Waals surface area contributed by atoms with E-state index >= 15 is 0 Å². The molecule has 8 heteroatoms. The van der Waals surface area contributed by atoms with E-state index in [9.17, 15) is 9.18 Å². The lowest BCUT2D eigenvalue weighted by Gasteiger charge is -2.34. The van der Waals surface area contributed by atoms with E-state index in [4.69, 9.17) is 4.52 Å². The van der Waals surface area contributed by atoms with Gasteiger partial charge in [0.15, 0.2) is 0 Å². The molecule has 28 heavy (non-hydrogen) atoms. The van der Waals surface area contributed by atoms with Crippen LogP contribution in [0.15, 0.2) is 45.9 Å². The van der Waals surface area contributed by atoms with Crippen LogP contribution in [0.1, 0.15) is 43.6 Å². The number of carbonyl (C=O) groups excluding carboxylic acids is 1. The summed E-state index contributed by atoms with van der Waals surface area (Å²) >= 11 is 1.56. The molecule has 1 aliphatic rings. The first-order valence-electron chi connectivity index (χ1n) is 9.12. The minimum absolute atomic E-state index is 0.290. The second-order valence-corrected chi connectivity index (χ2v) is 7.62. The Morgan fingerprint density at radius 2 is 2.14 bits per heavy atom. The number of hydrogen-bond acceptors (Lipinski definition) is 6. The van der Waals surface area contributed by atoms with Gasteiger partial charge < -0.3 is 9.84 Å². The number of amides is 1. The number of nitrogens with zero attached hydrogens (tertiary/aromatic N) is 3. The summed E-state index contributed by atoms with van der Waals surface area (Å²) in [6, 6.07) is 3.25. The molecule has 3 heterocycles. The quantitative estimate of drug-likeness (QED) is 0.647. The molecule has 0 bridgehead atoms. The third-order valence-corrected chi connectivity index (χ3v) is 5.52. The van der Waals surface area contributed by atoms with E-state index in [1.165, 1.54) is 24.4 Å². The van der Waals surface area contributed by atoms with Gasteiger partial charge in [-0.3, -0.25) is 9.78 Å². The molecule has 1 fully saturated rings. The maximum Gasteiger partial charge on any atom is 0.252 e. The molecule has 0 spiro atoms. The minimum atomic E-state index is -0.679. The highest BCUT2D eigenvalue weighted by Crippen LogP contribution is 2.37. The third-order valence-electron chi connectivity index (χ3n) is 4.84. The zero-order valence-electron chi connectivity index (χ0n) is 15.1. The van der Waals surface area contributed by atoms with Gasteiger partial charge in [-0.1, -0.05) is 24.4 Å². The molecule has 4 rings (SSSR count). The van der Waals surface area contributed by atoms with Crippen LogP contribution in [-0.4, -0.2) is 21.0 Å². The number of pyridine rings is 1. The molecule has 0 aromatic carbocycles. The molecular formula is C20H19FN4O2S. The number of hydrogen-bond donors (Lipinski definition) is 1. The molecule has 3 aromatic heterocycles. The van der Waals surface area contributed by atoms with E-state index in [2.05, 4.69) is 20.4 Å². The maximum absolute atomic E-state index is 13.2. The fourth-order valence-electron chi connectivity index (χ4n) is 3.44. The lowest BCUT2D eigenvalue weighted by molar-refractivity contribution is -0.119. The van der Waals surface area contributed by atoms with Crippen molar-refractivity contribution in [3.8, 4) is 11.4 Å². The van der Waals surface area contributed by atoms with Gasteiger partial charge in [0, 0.05) is 23.2 Å². The second kappa shape index (κ2) is 8.02. The van der Waals surface area contributed by atoms with Crippen molar-refractivity contribution in [2.24, 2.45) is 0 Å². The Labute approximate surface area is 165 Å². The molecule has 0 saturated heterocycles. The van der Waals surface area contributed by atoms with Crippen molar-refractivity contribution in [3.05, 3.63) is 58.6 Å². The Balaban J connectivity index is 1.55. The largest absolute Gasteiger partial charge is 0.338 e.